The molecule has 0 radical (unpaired) electrons. The zero-order valence-electron chi connectivity index (χ0n) is 11.9. The van der Waals surface area contributed by atoms with Crippen LogP contribution < -0.4 is 10.1 Å². The van der Waals surface area contributed by atoms with Crippen LogP contribution in [0.15, 0.2) is 18.2 Å². The Bertz CT molecular complexity index is 630. The third-order valence-electron chi connectivity index (χ3n) is 2.94. The van der Waals surface area contributed by atoms with Gasteiger partial charge in [0.05, 0.1) is 0 Å². The second-order valence-electron chi connectivity index (χ2n) is 4.47. The van der Waals surface area contributed by atoms with Crippen molar-refractivity contribution in [1.82, 2.24) is 10.2 Å². The van der Waals surface area contributed by atoms with Gasteiger partial charge in [-0.05, 0) is 31.0 Å². The van der Waals surface area contributed by atoms with Gasteiger partial charge < -0.3 is 4.74 Å². The Morgan fingerprint density at radius 2 is 2.19 bits per heavy atom. The van der Waals surface area contributed by atoms with Crippen molar-refractivity contribution in [3.05, 3.63) is 34.3 Å². The maximum Gasteiger partial charge on any atom is 0.264 e. The van der Waals surface area contributed by atoms with E-state index in [2.05, 4.69) is 31.4 Å². The molecule has 0 aliphatic rings. The quantitative estimate of drug-likeness (QED) is 0.794. The van der Waals surface area contributed by atoms with Crippen LogP contribution in [0.4, 0.5) is 5.13 Å². The van der Waals surface area contributed by atoms with E-state index in [1.54, 1.807) is 0 Å². The van der Waals surface area contributed by atoms with E-state index in [1.165, 1.54) is 11.3 Å². The average Bonchev–Trinajstić information content (AvgIpc) is 2.88. The van der Waals surface area contributed by atoms with Gasteiger partial charge in [-0.15, -0.1) is 10.2 Å². The lowest BCUT2D eigenvalue weighted by Gasteiger charge is -2.10. The lowest BCUT2D eigenvalue weighted by molar-refractivity contribution is -0.118. The fourth-order valence-corrected chi connectivity index (χ4v) is 3.06. The van der Waals surface area contributed by atoms with Crippen LogP contribution in [0.5, 0.6) is 5.75 Å². The van der Waals surface area contributed by atoms with Gasteiger partial charge >= 0.3 is 0 Å². The van der Waals surface area contributed by atoms with Gasteiger partial charge in [0.2, 0.25) is 5.13 Å². The summed E-state index contributed by atoms with van der Waals surface area (Å²) in [6.07, 6.45) is 0.798. The molecule has 0 saturated carbocycles. The number of alkyl halides is 1. The highest BCUT2D eigenvalue weighted by Crippen LogP contribution is 2.20. The summed E-state index contributed by atoms with van der Waals surface area (Å²) in [6.45, 7) is 3.94. The molecule has 0 unspecified atom stereocenters. The number of ether oxygens (including phenoxy) is 1. The van der Waals surface area contributed by atoms with E-state index in [4.69, 9.17) is 4.74 Å². The Kier molecular flexibility index (Phi) is 5.69. The van der Waals surface area contributed by atoms with E-state index in [0.29, 0.717) is 5.13 Å². The molecule has 0 fully saturated rings. The largest absolute Gasteiger partial charge is 0.483 e. The van der Waals surface area contributed by atoms with Crippen molar-refractivity contribution >= 4 is 38.3 Å². The smallest absolute Gasteiger partial charge is 0.264 e. The highest BCUT2D eigenvalue weighted by Gasteiger charge is 2.09. The summed E-state index contributed by atoms with van der Waals surface area (Å²) in [6, 6.07) is 5.77. The van der Waals surface area contributed by atoms with Crippen LogP contribution in [0.25, 0.3) is 0 Å². The van der Waals surface area contributed by atoms with Crippen LogP contribution in [0.3, 0.4) is 0 Å². The summed E-state index contributed by atoms with van der Waals surface area (Å²) in [4.78, 5) is 11.8. The van der Waals surface area contributed by atoms with Crippen molar-refractivity contribution in [2.24, 2.45) is 0 Å². The fraction of sp³-hybridized carbons (Fsp3) is 0.357. The Balaban J connectivity index is 1.88. The number of hydrogen-bond acceptors (Lipinski definition) is 5. The van der Waals surface area contributed by atoms with Gasteiger partial charge in [0, 0.05) is 11.8 Å². The van der Waals surface area contributed by atoms with Crippen LogP contribution in [0.1, 0.15) is 16.1 Å². The minimum Gasteiger partial charge on any atom is -0.483 e. The summed E-state index contributed by atoms with van der Waals surface area (Å²) >= 11 is 4.71. The van der Waals surface area contributed by atoms with Crippen molar-refractivity contribution in [2.45, 2.75) is 20.3 Å². The molecule has 0 aliphatic heterocycles. The van der Waals surface area contributed by atoms with E-state index >= 15 is 0 Å². The molecule has 0 atom stereocenters. The van der Waals surface area contributed by atoms with Crippen LogP contribution in [-0.4, -0.2) is 28.0 Å². The number of aromatic nitrogens is 2. The normalized spacial score (nSPS) is 10.4. The fourth-order valence-electron chi connectivity index (χ4n) is 1.67. The Morgan fingerprint density at radius 1 is 1.38 bits per heavy atom. The molecular weight excluding hydrogens is 354 g/mol. The molecule has 7 heteroatoms. The summed E-state index contributed by atoms with van der Waals surface area (Å²) < 4.78 is 5.54. The molecule has 21 heavy (non-hydrogen) atoms. The number of carbonyl (C=O) groups excluding carboxylic acids is 1. The number of benzene rings is 1. The number of aryl methyl sites for hydroxylation is 2. The monoisotopic (exact) mass is 369 g/mol. The molecule has 112 valence electrons. The number of rotatable bonds is 6. The minimum atomic E-state index is -0.238. The standard InChI is InChI=1S/C14H16BrN3O2S/c1-9-4-3-5-11(10(9)2)20-8-12(19)16-14-18-17-13(21-14)6-7-15/h3-5H,6-8H2,1-2H3,(H,16,18,19). The second-order valence-corrected chi connectivity index (χ2v) is 6.33. The predicted molar refractivity (Wildman–Crippen MR) is 87.4 cm³/mol. The first kappa shape index (κ1) is 15.9. The van der Waals surface area contributed by atoms with Crippen molar-refractivity contribution in [1.29, 1.82) is 0 Å². The first-order valence-electron chi connectivity index (χ1n) is 6.47. The highest BCUT2D eigenvalue weighted by molar-refractivity contribution is 9.09. The van der Waals surface area contributed by atoms with E-state index in [0.717, 1.165) is 33.6 Å². The predicted octanol–water partition coefficient (Wildman–Crippen LogP) is 3.11. The molecule has 0 aliphatic carbocycles. The van der Waals surface area contributed by atoms with E-state index in [1.807, 2.05) is 32.0 Å². The number of amides is 1. The van der Waals surface area contributed by atoms with Gasteiger partial charge in [-0.1, -0.05) is 39.4 Å². The lowest BCUT2D eigenvalue weighted by atomic mass is 10.1. The highest BCUT2D eigenvalue weighted by atomic mass is 79.9. The van der Waals surface area contributed by atoms with Crippen LogP contribution in [-0.2, 0) is 11.2 Å². The van der Waals surface area contributed by atoms with Gasteiger partial charge in [-0.2, -0.15) is 0 Å². The van der Waals surface area contributed by atoms with E-state index in [9.17, 15) is 4.79 Å². The van der Waals surface area contributed by atoms with E-state index in [-0.39, 0.29) is 12.5 Å². The van der Waals surface area contributed by atoms with Crippen LogP contribution in [0.2, 0.25) is 0 Å². The van der Waals surface area contributed by atoms with Gasteiger partial charge in [0.1, 0.15) is 10.8 Å². The second kappa shape index (κ2) is 7.51. The number of nitrogens with one attached hydrogen (secondary N) is 1. The molecule has 2 rings (SSSR count). The molecule has 5 nitrogen and oxygen atoms in total. The molecule has 1 amide bonds. The molecule has 1 heterocycles. The first-order valence-corrected chi connectivity index (χ1v) is 8.41. The first-order chi connectivity index (χ1) is 10.1. The van der Waals surface area contributed by atoms with Crippen molar-refractivity contribution in [3.63, 3.8) is 0 Å². The molecule has 0 spiro atoms. The molecular formula is C14H16BrN3O2S. The SMILES string of the molecule is Cc1cccc(OCC(=O)Nc2nnc(CCBr)s2)c1C. The van der Waals surface area contributed by atoms with Gasteiger partial charge in [0.15, 0.2) is 6.61 Å². The molecule has 0 bridgehead atoms. The topological polar surface area (TPSA) is 64.1 Å². The molecule has 1 aromatic carbocycles. The molecule has 1 N–H and O–H groups in total. The van der Waals surface area contributed by atoms with Crippen molar-refractivity contribution in [3.8, 4) is 5.75 Å². The number of anilines is 1. The summed E-state index contributed by atoms with van der Waals surface area (Å²) in [5, 5.41) is 12.8. The lowest BCUT2D eigenvalue weighted by Crippen LogP contribution is -2.20. The Morgan fingerprint density at radius 3 is 2.95 bits per heavy atom. The van der Waals surface area contributed by atoms with Crippen molar-refractivity contribution in [2.75, 3.05) is 17.3 Å². The zero-order chi connectivity index (χ0) is 15.2. The maximum atomic E-state index is 11.8. The maximum absolute atomic E-state index is 11.8. The number of carbonyl (C=O) groups is 1. The van der Waals surface area contributed by atoms with E-state index < -0.39 is 0 Å². The van der Waals surface area contributed by atoms with Gasteiger partial charge in [-0.3, -0.25) is 10.1 Å². The number of nitrogens with zero attached hydrogens (tertiary/aromatic N) is 2. The van der Waals surface area contributed by atoms with Gasteiger partial charge in [-0.25, -0.2) is 0 Å². The average molecular weight is 370 g/mol. The van der Waals surface area contributed by atoms with Crippen molar-refractivity contribution < 1.29 is 9.53 Å². The third-order valence-corrected chi connectivity index (χ3v) is 4.23. The molecule has 1 aromatic heterocycles. The summed E-state index contributed by atoms with van der Waals surface area (Å²) in [5.41, 5.74) is 2.18. The minimum absolute atomic E-state index is 0.0440. The summed E-state index contributed by atoms with van der Waals surface area (Å²) in [5.74, 6) is 0.486. The Hall–Kier alpha value is -1.47. The van der Waals surface area contributed by atoms with Gasteiger partial charge in [0.25, 0.3) is 5.91 Å². The zero-order valence-corrected chi connectivity index (χ0v) is 14.3. The third kappa shape index (κ3) is 4.50. The number of halogens is 1. The van der Waals surface area contributed by atoms with Crippen LogP contribution >= 0.6 is 27.3 Å². The number of hydrogen-bond donors (Lipinski definition) is 1. The molecule has 0 saturated heterocycles. The summed E-state index contributed by atoms with van der Waals surface area (Å²) in [7, 11) is 0. The van der Waals surface area contributed by atoms with Crippen LogP contribution in [0, 0.1) is 13.8 Å². The Labute approximate surface area is 135 Å². The molecule has 2 aromatic rings.